The van der Waals surface area contributed by atoms with Crippen LogP contribution in [0.25, 0.3) is 6.08 Å². The molecule has 0 aliphatic carbocycles. The number of amides is 3. The summed E-state index contributed by atoms with van der Waals surface area (Å²) >= 11 is 6.78. The summed E-state index contributed by atoms with van der Waals surface area (Å²) in [7, 11) is 0. The second-order valence-electron chi connectivity index (χ2n) is 10.2. The first-order valence-corrected chi connectivity index (χ1v) is 15.1. The maximum absolute atomic E-state index is 13.4. The Hall–Kier alpha value is -4.54. The number of benzene rings is 4. The molecule has 4 aromatic carbocycles. The van der Waals surface area contributed by atoms with Crippen LogP contribution < -0.4 is 16.0 Å². The molecule has 0 unspecified atom stereocenters. The van der Waals surface area contributed by atoms with E-state index in [1.165, 1.54) is 6.07 Å². The zero-order valence-electron chi connectivity index (χ0n) is 24.2. The first-order valence-electron chi connectivity index (χ1n) is 13.8. The number of alkyl halides is 3. The topological polar surface area (TPSA) is 87.3 Å². The Bertz CT molecular complexity index is 1710. The van der Waals surface area contributed by atoms with E-state index in [1.54, 1.807) is 60.7 Å². The minimum absolute atomic E-state index is 0.0158. The third kappa shape index (κ3) is 9.72. The van der Waals surface area contributed by atoms with Crippen molar-refractivity contribution in [2.75, 3.05) is 16.4 Å². The quantitative estimate of drug-likeness (QED) is 0.118. The summed E-state index contributed by atoms with van der Waals surface area (Å²) in [6, 6.07) is 25.9. The first kappa shape index (κ1) is 33.4. The maximum Gasteiger partial charge on any atom is 0.418 e. The number of anilines is 2. The molecule has 0 heterocycles. The standard InChI is InChI=1S/C34H29ClF3N3O3S/c1-21(2)23-13-11-22(12-14-23)17-30(41-32(43)24-7-4-3-5-8-24)33(44)39-26-9-6-10-27(19-26)45-20-31(42)40-29-16-15-25(35)18-28(29)34(36,37)38/h3-19,21H,20H2,1-2H3,(H,39,44)(H,40,42)(H,41,43)/b30-17+. The van der Waals surface area contributed by atoms with Gasteiger partial charge in [0.05, 0.1) is 17.0 Å². The Balaban J connectivity index is 1.47. The third-order valence-electron chi connectivity index (χ3n) is 6.47. The molecule has 11 heteroatoms. The number of nitrogens with one attached hydrogen (secondary N) is 3. The van der Waals surface area contributed by atoms with Gasteiger partial charge in [0.25, 0.3) is 11.8 Å². The van der Waals surface area contributed by atoms with Gasteiger partial charge in [0.2, 0.25) is 5.91 Å². The van der Waals surface area contributed by atoms with Crippen molar-refractivity contribution in [1.29, 1.82) is 0 Å². The van der Waals surface area contributed by atoms with Crippen LogP contribution in [0.1, 0.15) is 46.8 Å². The van der Waals surface area contributed by atoms with Crippen molar-refractivity contribution >= 4 is 58.5 Å². The van der Waals surface area contributed by atoms with E-state index in [2.05, 4.69) is 29.8 Å². The predicted molar refractivity (Wildman–Crippen MR) is 173 cm³/mol. The second-order valence-corrected chi connectivity index (χ2v) is 11.7. The van der Waals surface area contributed by atoms with Crippen molar-refractivity contribution in [3.05, 3.63) is 130 Å². The minimum atomic E-state index is -4.70. The molecule has 45 heavy (non-hydrogen) atoms. The van der Waals surface area contributed by atoms with Gasteiger partial charge in [-0.25, -0.2) is 0 Å². The molecule has 3 N–H and O–H groups in total. The molecule has 6 nitrogen and oxygen atoms in total. The molecule has 0 saturated carbocycles. The number of hydrogen-bond donors (Lipinski definition) is 3. The number of thioether (sulfide) groups is 1. The smallest absolute Gasteiger partial charge is 0.325 e. The zero-order valence-corrected chi connectivity index (χ0v) is 25.8. The first-order chi connectivity index (χ1) is 21.4. The van der Waals surface area contributed by atoms with Gasteiger partial charge in [0, 0.05) is 21.2 Å². The monoisotopic (exact) mass is 651 g/mol. The molecule has 0 atom stereocenters. The number of carbonyl (C=O) groups excluding carboxylic acids is 3. The van der Waals surface area contributed by atoms with Crippen molar-refractivity contribution < 1.29 is 27.6 Å². The van der Waals surface area contributed by atoms with Gasteiger partial charge < -0.3 is 16.0 Å². The van der Waals surface area contributed by atoms with Crippen molar-refractivity contribution in [1.82, 2.24) is 5.32 Å². The Morgan fingerprint density at radius 1 is 0.867 bits per heavy atom. The lowest BCUT2D eigenvalue weighted by molar-refractivity contribution is -0.137. The van der Waals surface area contributed by atoms with Crippen molar-refractivity contribution in [2.45, 2.75) is 30.8 Å². The molecule has 0 aliphatic rings. The highest BCUT2D eigenvalue weighted by Crippen LogP contribution is 2.36. The van der Waals surface area contributed by atoms with Crippen molar-refractivity contribution in [3.63, 3.8) is 0 Å². The summed E-state index contributed by atoms with van der Waals surface area (Å²) in [6.45, 7) is 4.15. The summed E-state index contributed by atoms with van der Waals surface area (Å²) < 4.78 is 40.1. The van der Waals surface area contributed by atoms with E-state index in [0.717, 1.165) is 29.5 Å². The average Bonchev–Trinajstić information content (AvgIpc) is 3.01. The SMILES string of the molecule is CC(C)c1ccc(/C=C(/NC(=O)c2ccccc2)C(=O)Nc2cccc(SCC(=O)Nc3ccc(Cl)cc3C(F)(F)F)c2)cc1. The van der Waals surface area contributed by atoms with Crippen LogP contribution in [0.2, 0.25) is 5.02 Å². The highest BCUT2D eigenvalue weighted by molar-refractivity contribution is 8.00. The maximum atomic E-state index is 13.4. The molecule has 0 saturated heterocycles. The summed E-state index contributed by atoms with van der Waals surface area (Å²) in [5.41, 5.74) is 1.18. The van der Waals surface area contributed by atoms with Crippen LogP contribution in [-0.4, -0.2) is 23.5 Å². The molecule has 3 amide bonds. The van der Waals surface area contributed by atoms with Crippen LogP contribution in [-0.2, 0) is 15.8 Å². The lowest BCUT2D eigenvalue weighted by Gasteiger charge is -2.14. The van der Waals surface area contributed by atoms with Gasteiger partial charge in [-0.05, 0) is 71.7 Å². The van der Waals surface area contributed by atoms with Crippen LogP contribution in [0.5, 0.6) is 0 Å². The van der Waals surface area contributed by atoms with Gasteiger partial charge in [-0.1, -0.05) is 74.0 Å². The normalized spacial score (nSPS) is 11.7. The van der Waals surface area contributed by atoms with Gasteiger partial charge in [0.1, 0.15) is 5.70 Å². The summed E-state index contributed by atoms with van der Waals surface area (Å²) in [6.07, 6.45) is -3.12. The number of hydrogen-bond acceptors (Lipinski definition) is 4. The van der Waals surface area contributed by atoms with Gasteiger partial charge >= 0.3 is 6.18 Å². The molecular weight excluding hydrogens is 623 g/mol. The number of rotatable bonds is 10. The van der Waals surface area contributed by atoms with E-state index in [0.29, 0.717) is 27.6 Å². The van der Waals surface area contributed by atoms with E-state index in [-0.39, 0.29) is 16.5 Å². The lowest BCUT2D eigenvalue weighted by atomic mass is 10.0. The van der Waals surface area contributed by atoms with E-state index >= 15 is 0 Å². The highest BCUT2D eigenvalue weighted by atomic mass is 35.5. The van der Waals surface area contributed by atoms with Crippen LogP contribution >= 0.6 is 23.4 Å². The van der Waals surface area contributed by atoms with E-state index in [9.17, 15) is 27.6 Å². The van der Waals surface area contributed by atoms with Gasteiger partial charge in [-0.15, -0.1) is 11.8 Å². The fourth-order valence-corrected chi connectivity index (χ4v) is 5.07. The number of halogens is 4. The Kier molecular flexibility index (Phi) is 11.1. The van der Waals surface area contributed by atoms with Crippen molar-refractivity contribution in [2.24, 2.45) is 0 Å². The van der Waals surface area contributed by atoms with Crippen LogP contribution in [0, 0.1) is 0 Å². The van der Waals surface area contributed by atoms with E-state index < -0.39 is 35.1 Å². The fourth-order valence-electron chi connectivity index (χ4n) is 4.14. The molecule has 0 fully saturated rings. The zero-order chi connectivity index (χ0) is 32.6. The fraction of sp³-hybridized carbons (Fsp3) is 0.147. The summed E-state index contributed by atoms with van der Waals surface area (Å²) in [4.78, 5) is 39.4. The number of carbonyl (C=O) groups is 3. The molecule has 232 valence electrons. The molecule has 0 bridgehead atoms. The molecule has 4 aromatic rings. The molecular formula is C34H29ClF3N3O3S. The lowest BCUT2D eigenvalue weighted by Crippen LogP contribution is -2.30. The van der Waals surface area contributed by atoms with E-state index in [1.807, 2.05) is 24.3 Å². The highest BCUT2D eigenvalue weighted by Gasteiger charge is 2.34. The van der Waals surface area contributed by atoms with Gasteiger partial charge in [-0.2, -0.15) is 13.2 Å². The van der Waals surface area contributed by atoms with Crippen molar-refractivity contribution in [3.8, 4) is 0 Å². The molecule has 0 radical (unpaired) electrons. The largest absolute Gasteiger partial charge is 0.418 e. The van der Waals surface area contributed by atoms with Crippen LogP contribution in [0.15, 0.2) is 108 Å². The third-order valence-corrected chi connectivity index (χ3v) is 7.69. The van der Waals surface area contributed by atoms with Crippen LogP contribution in [0.4, 0.5) is 24.5 Å². The van der Waals surface area contributed by atoms with Crippen LogP contribution in [0.3, 0.4) is 0 Å². The Morgan fingerprint density at radius 3 is 2.24 bits per heavy atom. The minimum Gasteiger partial charge on any atom is -0.325 e. The molecule has 0 aliphatic heterocycles. The summed E-state index contributed by atoms with van der Waals surface area (Å²) in [5, 5.41) is 7.66. The average molecular weight is 652 g/mol. The second kappa shape index (κ2) is 15.0. The molecule has 4 rings (SSSR count). The van der Waals surface area contributed by atoms with E-state index in [4.69, 9.17) is 11.6 Å². The van der Waals surface area contributed by atoms with Gasteiger partial charge in [-0.3, -0.25) is 14.4 Å². The molecule has 0 spiro atoms. The Labute approximate surface area is 268 Å². The predicted octanol–water partition coefficient (Wildman–Crippen LogP) is 8.62. The summed E-state index contributed by atoms with van der Waals surface area (Å²) in [5.74, 6) is -1.55. The van der Waals surface area contributed by atoms with Gasteiger partial charge in [0.15, 0.2) is 0 Å². The molecule has 0 aromatic heterocycles. The Morgan fingerprint density at radius 2 is 1.58 bits per heavy atom.